The molecule has 0 saturated carbocycles. The van der Waals surface area contributed by atoms with Crippen molar-refractivity contribution < 1.29 is 8.78 Å². The molecule has 1 unspecified atom stereocenters. The van der Waals surface area contributed by atoms with Crippen molar-refractivity contribution in [3.05, 3.63) is 69.2 Å². The molecule has 2 rings (SSSR count). The number of benzene rings is 2. The van der Waals surface area contributed by atoms with E-state index in [4.69, 9.17) is 0 Å². The molecule has 1 nitrogen and oxygen atoms in total. The monoisotopic (exact) mass is 339 g/mol. The molecule has 1 N–H and O–H groups in total. The summed E-state index contributed by atoms with van der Waals surface area (Å²) in [6.45, 7) is 1.86. The Morgan fingerprint density at radius 2 is 1.85 bits per heavy atom. The molecule has 2 aromatic carbocycles. The van der Waals surface area contributed by atoms with Crippen molar-refractivity contribution >= 4 is 15.9 Å². The maximum absolute atomic E-state index is 13.5. The van der Waals surface area contributed by atoms with Crippen LogP contribution in [0.4, 0.5) is 8.78 Å². The van der Waals surface area contributed by atoms with Crippen molar-refractivity contribution in [1.29, 1.82) is 0 Å². The van der Waals surface area contributed by atoms with Crippen molar-refractivity contribution in [3.63, 3.8) is 0 Å². The second kappa shape index (κ2) is 6.46. The summed E-state index contributed by atoms with van der Waals surface area (Å²) in [5.74, 6) is -0.521. The average molecular weight is 340 g/mol. The first-order valence-corrected chi connectivity index (χ1v) is 7.17. The van der Waals surface area contributed by atoms with Crippen LogP contribution in [0.25, 0.3) is 0 Å². The average Bonchev–Trinajstić information content (AvgIpc) is 2.38. The first-order chi connectivity index (χ1) is 9.49. The first-order valence-electron chi connectivity index (χ1n) is 6.38. The first kappa shape index (κ1) is 15.1. The number of nitrogens with one attached hydrogen (secondary N) is 1. The van der Waals surface area contributed by atoms with E-state index in [2.05, 4.69) is 21.2 Å². The zero-order valence-corrected chi connectivity index (χ0v) is 13.0. The van der Waals surface area contributed by atoms with E-state index >= 15 is 0 Å². The molecule has 0 fully saturated rings. The predicted octanol–water partition coefficient (Wildman–Crippen LogP) is 4.54. The Labute approximate surface area is 126 Å². The van der Waals surface area contributed by atoms with E-state index < -0.39 is 0 Å². The second-order valence-electron chi connectivity index (χ2n) is 4.84. The van der Waals surface area contributed by atoms with E-state index in [1.54, 1.807) is 6.07 Å². The third-order valence-corrected chi connectivity index (χ3v) is 4.02. The Kier molecular flexibility index (Phi) is 4.89. The Hall–Kier alpha value is -1.26. The van der Waals surface area contributed by atoms with Gasteiger partial charge >= 0.3 is 0 Å². The molecule has 0 spiro atoms. The summed E-state index contributed by atoms with van der Waals surface area (Å²) in [7, 11) is 1.82. The molecule has 106 valence electrons. The highest BCUT2D eigenvalue weighted by Gasteiger charge is 2.14. The number of halogens is 3. The van der Waals surface area contributed by atoms with Gasteiger partial charge in [-0.3, -0.25) is 0 Å². The fourth-order valence-electron chi connectivity index (χ4n) is 2.27. The minimum absolute atomic E-state index is 0.0671. The number of hydrogen-bond donors (Lipinski definition) is 1. The third kappa shape index (κ3) is 3.64. The van der Waals surface area contributed by atoms with E-state index in [1.807, 2.05) is 20.0 Å². The highest BCUT2D eigenvalue weighted by atomic mass is 79.9. The number of hydrogen-bond acceptors (Lipinski definition) is 1. The zero-order chi connectivity index (χ0) is 14.7. The fraction of sp³-hybridized carbons (Fsp3) is 0.250. The predicted molar refractivity (Wildman–Crippen MR) is 80.7 cm³/mol. The van der Waals surface area contributed by atoms with Crippen molar-refractivity contribution in [3.8, 4) is 0 Å². The van der Waals surface area contributed by atoms with Crippen LogP contribution in [0.1, 0.15) is 22.7 Å². The molecule has 0 aliphatic carbocycles. The molecule has 0 bridgehead atoms. The Balaban J connectivity index is 2.30. The van der Waals surface area contributed by atoms with Gasteiger partial charge in [0.15, 0.2) is 0 Å². The molecule has 2 aromatic rings. The summed E-state index contributed by atoms with van der Waals surface area (Å²) in [6, 6.07) is 9.48. The van der Waals surface area contributed by atoms with Crippen LogP contribution in [0, 0.1) is 18.6 Å². The van der Waals surface area contributed by atoms with Gasteiger partial charge in [-0.05, 0) is 67.4 Å². The molecule has 1 atom stereocenters. The van der Waals surface area contributed by atoms with Crippen molar-refractivity contribution in [2.24, 2.45) is 0 Å². The van der Waals surface area contributed by atoms with E-state index in [1.165, 1.54) is 24.3 Å². The number of rotatable bonds is 4. The fourth-order valence-corrected chi connectivity index (χ4v) is 2.68. The molecular formula is C16H16BrF2N. The SMILES string of the molecule is CNC(Cc1cc(F)ccc1Br)c1cc(C)cc(F)c1. The van der Waals surface area contributed by atoms with E-state index in [0.717, 1.165) is 21.2 Å². The molecule has 0 amide bonds. The van der Waals surface area contributed by atoms with Crippen LogP contribution in [-0.4, -0.2) is 7.05 Å². The van der Waals surface area contributed by atoms with Gasteiger partial charge in [-0.1, -0.05) is 22.0 Å². The summed E-state index contributed by atoms with van der Waals surface area (Å²) in [5.41, 5.74) is 2.59. The molecule has 0 saturated heterocycles. The molecule has 0 aliphatic rings. The van der Waals surface area contributed by atoms with Gasteiger partial charge in [0.1, 0.15) is 11.6 Å². The summed E-state index contributed by atoms with van der Waals surface area (Å²) >= 11 is 3.42. The lowest BCUT2D eigenvalue weighted by Gasteiger charge is -2.18. The number of aryl methyl sites for hydroxylation is 1. The van der Waals surface area contributed by atoms with Crippen molar-refractivity contribution in [2.45, 2.75) is 19.4 Å². The van der Waals surface area contributed by atoms with E-state index in [0.29, 0.717) is 6.42 Å². The second-order valence-corrected chi connectivity index (χ2v) is 5.70. The van der Waals surface area contributed by atoms with E-state index in [9.17, 15) is 8.78 Å². The van der Waals surface area contributed by atoms with Crippen LogP contribution in [0.3, 0.4) is 0 Å². The summed E-state index contributed by atoms with van der Waals surface area (Å²) in [5, 5.41) is 3.16. The Bertz CT molecular complexity index is 593. The van der Waals surface area contributed by atoms with Crippen LogP contribution in [-0.2, 0) is 6.42 Å². The molecule has 0 heterocycles. The van der Waals surface area contributed by atoms with Gasteiger partial charge in [0.2, 0.25) is 0 Å². The normalized spacial score (nSPS) is 12.4. The molecule has 0 aliphatic heterocycles. The van der Waals surface area contributed by atoms with Crippen LogP contribution < -0.4 is 5.32 Å². The third-order valence-electron chi connectivity index (χ3n) is 3.25. The van der Waals surface area contributed by atoms with Gasteiger partial charge in [-0.25, -0.2) is 8.78 Å². The molecular weight excluding hydrogens is 324 g/mol. The van der Waals surface area contributed by atoms with Crippen molar-refractivity contribution in [1.82, 2.24) is 5.32 Å². The lowest BCUT2D eigenvalue weighted by Crippen LogP contribution is -2.19. The zero-order valence-electron chi connectivity index (χ0n) is 11.4. The molecule has 0 aromatic heterocycles. The van der Waals surface area contributed by atoms with Gasteiger partial charge in [0.25, 0.3) is 0 Å². The minimum Gasteiger partial charge on any atom is -0.313 e. The lowest BCUT2D eigenvalue weighted by atomic mass is 9.97. The topological polar surface area (TPSA) is 12.0 Å². The largest absolute Gasteiger partial charge is 0.313 e. The van der Waals surface area contributed by atoms with Gasteiger partial charge in [-0.2, -0.15) is 0 Å². The van der Waals surface area contributed by atoms with Gasteiger partial charge in [-0.15, -0.1) is 0 Å². The highest BCUT2D eigenvalue weighted by Crippen LogP contribution is 2.25. The van der Waals surface area contributed by atoms with Crippen LogP contribution in [0.2, 0.25) is 0 Å². The maximum atomic E-state index is 13.5. The smallest absolute Gasteiger partial charge is 0.123 e. The van der Waals surface area contributed by atoms with E-state index in [-0.39, 0.29) is 17.7 Å². The Morgan fingerprint density at radius 1 is 1.10 bits per heavy atom. The standard InChI is InChI=1S/C16H16BrF2N/c1-10-5-12(8-14(19)6-10)16(20-2)9-11-7-13(18)3-4-15(11)17/h3-8,16,20H,9H2,1-2H3. The lowest BCUT2D eigenvalue weighted by molar-refractivity contribution is 0.571. The van der Waals surface area contributed by atoms with Gasteiger partial charge < -0.3 is 5.32 Å². The molecule has 0 radical (unpaired) electrons. The summed E-state index contributed by atoms with van der Waals surface area (Å²) in [4.78, 5) is 0. The minimum atomic E-state index is -0.270. The highest BCUT2D eigenvalue weighted by molar-refractivity contribution is 9.10. The van der Waals surface area contributed by atoms with Crippen LogP contribution in [0.15, 0.2) is 40.9 Å². The summed E-state index contributed by atoms with van der Waals surface area (Å²) < 4.78 is 27.7. The molecule has 20 heavy (non-hydrogen) atoms. The van der Waals surface area contributed by atoms with Crippen LogP contribution >= 0.6 is 15.9 Å². The van der Waals surface area contributed by atoms with Crippen molar-refractivity contribution in [2.75, 3.05) is 7.05 Å². The number of likely N-dealkylation sites (N-methyl/N-ethyl adjacent to an activating group) is 1. The molecule has 4 heteroatoms. The maximum Gasteiger partial charge on any atom is 0.123 e. The van der Waals surface area contributed by atoms with Gasteiger partial charge in [0.05, 0.1) is 0 Å². The summed E-state index contributed by atoms with van der Waals surface area (Å²) in [6.07, 6.45) is 0.581. The van der Waals surface area contributed by atoms with Crippen LogP contribution in [0.5, 0.6) is 0 Å². The van der Waals surface area contributed by atoms with Gasteiger partial charge in [0, 0.05) is 10.5 Å². The Morgan fingerprint density at radius 3 is 2.50 bits per heavy atom. The quantitative estimate of drug-likeness (QED) is 0.862.